The van der Waals surface area contributed by atoms with Crippen molar-refractivity contribution in [2.24, 2.45) is 0 Å². The minimum atomic E-state index is -2.93. The third-order valence-corrected chi connectivity index (χ3v) is 5.44. The fourth-order valence-corrected chi connectivity index (χ4v) is 4.49. The molecular formula is C11H20N2O4S. The van der Waals surface area contributed by atoms with Crippen LogP contribution in [0.4, 0.5) is 0 Å². The van der Waals surface area contributed by atoms with Gasteiger partial charge in [-0.1, -0.05) is 0 Å². The van der Waals surface area contributed by atoms with Gasteiger partial charge in [-0.2, -0.15) is 0 Å². The summed E-state index contributed by atoms with van der Waals surface area (Å²) in [5.74, 6) is 0.349. The molecule has 2 rings (SSSR count). The maximum Gasteiger partial charge on any atom is 0.236 e. The lowest BCUT2D eigenvalue weighted by Crippen LogP contribution is -2.51. The van der Waals surface area contributed by atoms with E-state index >= 15 is 0 Å². The van der Waals surface area contributed by atoms with Crippen molar-refractivity contribution in [3.8, 4) is 0 Å². The smallest absolute Gasteiger partial charge is 0.236 e. The maximum atomic E-state index is 11.9. The third-order valence-electron chi connectivity index (χ3n) is 3.53. The van der Waals surface area contributed by atoms with Gasteiger partial charge in [-0.3, -0.25) is 4.79 Å². The first-order chi connectivity index (χ1) is 8.40. The van der Waals surface area contributed by atoms with Crippen LogP contribution in [0.15, 0.2) is 0 Å². The summed E-state index contributed by atoms with van der Waals surface area (Å²) in [4.78, 5) is 13.7. The highest BCUT2D eigenvalue weighted by atomic mass is 32.2. The Morgan fingerprint density at radius 2 is 2.06 bits per heavy atom. The van der Waals surface area contributed by atoms with E-state index in [2.05, 4.69) is 5.32 Å². The summed E-state index contributed by atoms with van der Waals surface area (Å²) in [5, 5.41) is 3.10. The van der Waals surface area contributed by atoms with Gasteiger partial charge in [-0.15, -0.1) is 0 Å². The molecule has 2 aliphatic heterocycles. The van der Waals surface area contributed by atoms with Gasteiger partial charge in [0.15, 0.2) is 9.84 Å². The Kier molecular flexibility index (Phi) is 3.93. The predicted octanol–water partition coefficient (Wildman–Crippen LogP) is -0.988. The Bertz CT molecular complexity index is 417. The summed E-state index contributed by atoms with van der Waals surface area (Å²) in [7, 11) is -2.93. The van der Waals surface area contributed by atoms with Gasteiger partial charge < -0.3 is 15.0 Å². The van der Waals surface area contributed by atoms with Crippen LogP contribution in [0.2, 0.25) is 0 Å². The number of carbonyl (C=O) groups excluding carboxylic acids is 1. The van der Waals surface area contributed by atoms with Crippen molar-refractivity contribution in [1.29, 1.82) is 0 Å². The van der Waals surface area contributed by atoms with E-state index in [9.17, 15) is 13.2 Å². The Morgan fingerprint density at radius 3 is 2.61 bits per heavy atom. The van der Waals surface area contributed by atoms with Gasteiger partial charge in [0.25, 0.3) is 0 Å². The molecule has 2 aliphatic rings. The molecule has 0 aromatic heterocycles. The van der Waals surface area contributed by atoms with Crippen LogP contribution in [-0.2, 0) is 19.4 Å². The van der Waals surface area contributed by atoms with Gasteiger partial charge in [0, 0.05) is 18.6 Å². The predicted molar refractivity (Wildman–Crippen MR) is 67.1 cm³/mol. The summed E-state index contributed by atoms with van der Waals surface area (Å²) in [6, 6.07) is 0. The van der Waals surface area contributed by atoms with E-state index in [1.54, 1.807) is 4.90 Å². The minimum absolute atomic E-state index is 0.0174. The van der Waals surface area contributed by atoms with Crippen LogP contribution in [-0.4, -0.2) is 69.1 Å². The minimum Gasteiger partial charge on any atom is -0.378 e. The number of hydrogen-bond acceptors (Lipinski definition) is 5. The molecule has 0 aliphatic carbocycles. The molecule has 1 N–H and O–H groups in total. The fraction of sp³-hybridized carbons (Fsp3) is 0.909. The van der Waals surface area contributed by atoms with E-state index in [1.807, 2.05) is 6.92 Å². The molecule has 0 bridgehead atoms. The fourth-order valence-electron chi connectivity index (χ4n) is 2.36. The first-order valence-electron chi connectivity index (χ1n) is 6.21. The highest BCUT2D eigenvalue weighted by Crippen LogP contribution is 2.22. The summed E-state index contributed by atoms with van der Waals surface area (Å²) >= 11 is 0. The molecule has 0 radical (unpaired) electrons. The molecule has 0 aromatic carbocycles. The zero-order chi connectivity index (χ0) is 13.2. The highest BCUT2D eigenvalue weighted by molar-refractivity contribution is 7.91. The van der Waals surface area contributed by atoms with Crippen molar-refractivity contribution in [2.75, 3.05) is 44.4 Å². The summed E-state index contributed by atoms with van der Waals surface area (Å²) in [6.45, 7) is 4.47. The number of rotatable bonds is 3. The number of hydrogen-bond donors (Lipinski definition) is 1. The van der Waals surface area contributed by atoms with Crippen molar-refractivity contribution in [2.45, 2.75) is 18.9 Å². The third kappa shape index (κ3) is 3.43. The lowest BCUT2D eigenvalue weighted by atomic mass is 10.0. The molecule has 2 saturated heterocycles. The topological polar surface area (TPSA) is 75.7 Å². The van der Waals surface area contributed by atoms with Crippen LogP contribution in [0.1, 0.15) is 13.3 Å². The van der Waals surface area contributed by atoms with E-state index in [4.69, 9.17) is 4.74 Å². The number of amides is 1. The normalized spacial score (nSPS) is 31.5. The summed E-state index contributed by atoms with van der Waals surface area (Å²) in [5.41, 5.74) is -0.458. The number of sulfone groups is 1. The second-order valence-corrected chi connectivity index (χ2v) is 7.43. The Hall–Kier alpha value is -0.660. The van der Waals surface area contributed by atoms with E-state index in [1.165, 1.54) is 0 Å². The van der Waals surface area contributed by atoms with Gasteiger partial charge in [0.1, 0.15) is 0 Å². The van der Waals surface area contributed by atoms with Crippen LogP contribution in [0.5, 0.6) is 0 Å². The average molecular weight is 276 g/mol. The van der Waals surface area contributed by atoms with Crippen LogP contribution in [0.3, 0.4) is 0 Å². The van der Waals surface area contributed by atoms with Crippen molar-refractivity contribution in [1.82, 2.24) is 10.2 Å². The highest BCUT2D eigenvalue weighted by Gasteiger charge is 2.38. The molecule has 0 aromatic rings. The van der Waals surface area contributed by atoms with Crippen LogP contribution < -0.4 is 5.32 Å². The largest absolute Gasteiger partial charge is 0.378 e. The van der Waals surface area contributed by atoms with Crippen LogP contribution in [0, 0.1) is 0 Å². The summed E-state index contributed by atoms with van der Waals surface area (Å²) < 4.78 is 28.1. The number of nitrogens with zero attached hydrogens (tertiary/aromatic N) is 1. The van der Waals surface area contributed by atoms with Gasteiger partial charge >= 0.3 is 0 Å². The second-order valence-electron chi connectivity index (χ2n) is 5.25. The lowest BCUT2D eigenvalue weighted by molar-refractivity contribution is -0.134. The van der Waals surface area contributed by atoms with E-state index in [0.717, 1.165) is 0 Å². The molecule has 1 amide bonds. The Morgan fingerprint density at radius 1 is 1.39 bits per heavy atom. The molecule has 6 nitrogen and oxygen atoms in total. The van der Waals surface area contributed by atoms with E-state index in [-0.39, 0.29) is 24.0 Å². The van der Waals surface area contributed by atoms with E-state index < -0.39 is 15.4 Å². The molecular weight excluding hydrogens is 256 g/mol. The van der Waals surface area contributed by atoms with Crippen LogP contribution in [0.25, 0.3) is 0 Å². The SMILES string of the molecule is CC1(NCC(=O)N2CCOCC2)CCS(=O)(=O)C1. The molecule has 104 valence electrons. The maximum absolute atomic E-state index is 11.9. The summed E-state index contributed by atoms with van der Waals surface area (Å²) in [6.07, 6.45) is 0.575. The van der Waals surface area contributed by atoms with Crippen molar-refractivity contribution >= 4 is 15.7 Å². The van der Waals surface area contributed by atoms with Crippen molar-refractivity contribution in [3.05, 3.63) is 0 Å². The van der Waals surface area contributed by atoms with E-state index in [0.29, 0.717) is 32.7 Å². The molecule has 0 saturated carbocycles. The van der Waals surface area contributed by atoms with Gasteiger partial charge in [0.2, 0.25) is 5.91 Å². The molecule has 0 spiro atoms. The molecule has 2 heterocycles. The molecule has 2 fully saturated rings. The molecule has 18 heavy (non-hydrogen) atoms. The molecule has 7 heteroatoms. The Balaban J connectivity index is 1.82. The number of carbonyl (C=O) groups is 1. The number of morpholine rings is 1. The monoisotopic (exact) mass is 276 g/mol. The van der Waals surface area contributed by atoms with Gasteiger partial charge in [-0.05, 0) is 13.3 Å². The average Bonchev–Trinajstić information content (AvgIpc) is 2.62. The Labute approximate surface area is 108 Å². The number of nitrogens with one attached hydrogen (secondary N) is 1. The second kappa shape index (κ2) is 5.14. The number of ether oxygens (including phenoxy) is 1. The zero-order valence-electron chi connectivity index (χ0n) is 10.6. The first-order valence-corrected chi connectivity index (χ1v) is 8.03. The lowest BCUT2D eigenvalue weighted by Gasteiger charge is -2.29. The van der Waals surface area contributed by atoms with Gasteiger partial charge in [-0.25, -0.2) is 8.42 Å². The standard InChI is InChI=1S/C11H20N2O4S/c1-11(2-7-18(15,16)9-11)12-8-10(14)13-3-5-17-6-4-13/h12H,2-9H2,1H3. The van der Waals surface area contributed by atoms with Gasteiger partial charge in [0.05, 0.1) is 31.3 Å². The van der Waals surface area contributed by atoms with Crippen molar-refractivity contribution in [3.63, 3.8) is 0 Å². The molecule has 1 atom stereocenters. The molecule has 1 unspecified atom stereocenters. The quantitative estimate of drug-likeness (QED) is 0.716. The first kappa shape index (κ1) is 13.8. The van der Waals surface area contributed by atoms with Crippen LogP contribution >= 0.6 is 0 Å². The zero-order valence-corrected chi connectivity index (χ0v) is 11.5. The van der Waals surface area contributed by atoms with Crippen molar-refractivity contribution < 1.29 is 17.9 Å².